The molecule has 2 saturated carbocycles. The fourth-order valence-corrected chi connectivity index (χ4v) is 6.87. The van der Waals surface area contributed by atoms with E-state index in [1.165, 1.54) is 56.2 Å². The van der Waals surface area contributed by atoms with Crippen molar-refractivity contribution in [1.82, 2.24) is 19.8 Å². The van der Waals surface area contributed by atoms with E-state index in [1.54, 1.807) is 16.0 Å². The summed E-state index contributed by atoms with van der Waals surface area (Å²) >= 11 is 0. The molecule has 2 aliphatic heterocycles. The molecule has 3 heterocycles. The fourth-order valence-electron chi connectivity index (χ4n) is 6.87. The van der Waals surface area contributed by atoms with Crippen molar-refractivity contribution in [3.05, 3.63) is 53.6 Å². The molecule has 39 heavy (non-hydrogen) atoms. The van der Waals surface area contributed by atoms with Gasteiger partial charge in [-0.3, -0.25) is 14.6 Å². The number of carbonyl (C=O) groups excluding carboxylic acids is 2. The number of hydrogen-bond donors (Lipinski definition) is 2. The number of carbonyl (C=O) groups is 2. The van der Waals surface area contributed by atoms with E-state index in [-0.39, 0.29) is 23.3 Å². The smallest absolute Gasteiger partial charge is 0.274 e. The van der Waals surface area contributed by atoms with Crippen molar-refractivity contribution < 1.29 is 14.7 Å². The molecule has 1 spiro atoms. The second-order valence-corrected chi connectivity index (χ2v) is 12.1. The molecule has 2 aromatic rings. The first-order chi connectivity index (χ1) is 19.0. The molecule has 2 aliphatic carbocycles. The van der Waals surface area contributed by atoms with E-state index in [1.807, 2.05) is 6.20 Å². The van der Waals surface area contributed by atoms with Crippen LogP contribution >= 0.6 is 0 Å². The standard InChI is InChI=1S/C31H41N5O3/c37-28(35-16-18-36(19-17-35)29(38)31(39)14-15-31)27-22-32-26(21-33-27)24-20-23-10-6-7-11-25(23)34-30(24)12-8-4-2-1-3-5-9-13-30/h6-7,10-11,21-22,24,34,39H,1-5,8-9,12-20H2. The molecule has 8 nitrogen and oxygen atoms in total. The number of piperazine rings is 1. The van der Waals surface area contributed by atoms with Crippen molar-refractivity contribution in [2.45, 2.75) is 94.1 Å². The Kier molecular flexibility index (Phi) is 7.31. The van der Waals surface area contributed by atoms with Crippen LogP contribution in [-0.2, 0) is 11.2 Å². The van der Waals surface area contributed by atoms with Gasteiger partial charge < -0.3 is 20.2 Å². The largest absolute Gasteiger partial charge is 0.380 e. The second-order valence-electron chi connectivity index (χ2n) is 12.1. The van der Waals surface area contributed by atoms with Crippen LogP contribution in [0.2, 0.25) is 0 Å². The highest BCUT2D eigenvalue weighted by molar-refractivity contribution is 5.92. The third-order valence-corrected chi connectivity index (χ3v) is 9.46. The quantitative estimate of drug-likeness (QED) is 0.613. The first-order valence-electron chi connectivity index (χ1n) is 15.0. The summed E-state index contributed by atoms with van der Waals surface area (Å²) in [6.07, 6.45) is 16.7. The Balaban J connectivity index is 1.18. The summed E-state index contributed by atoms with van der Waals surface area (Å²) in [6, 6.07) is 8.64. The van der Waals surface area contributed by atoms with Crippen molar-refractivity contribution in [1.29, 1.82) is 0 Å². The number of nitrogens with zero attached hydrogens (tertiary/aromatic N) is 4. The van der Waals surface area contributed by atoms with Gasteiger partial charge in [-0.05, 0) is 43.7 Å². The van der Waals surface area contributed by atoms with Crippen molar-refractivity contribution >= 4 is 17.5 Å². The molecule has 208 valence electrons. The zero-order valence-corrected chi connectivity index (χ0v) is 22.9. The minimum absolute atomic E-state index is 0.0552. The van der Waals surface area contributed by atoms with Gasteiger partial charge in [0.1, 0.15) is 11.3 Å². The Morgan fingerprint density at radius 1 is 0.821 bits per heavy atom. The van der Waals surface area contributed by atoms with Crippen molar-refractivity contribution in [2.24, 2.45) is 0 Å². The van der Waals surface area contributed by atoms with E-state index in [4.69, 9.17) is 4.98 Å². The number of anilines is 1. The molecule has 0 bridgehead atoms. The Labute approximate surface area is 231 Å². The van der Waals surface area contributed by atoms with E-state index in [9.17, 15) is 14.7 Å². The molecule has 2 N–H and O–H groups in total. The van der Waals surface area contributed by atoms with Gasteiger partial charge in [0.2, 0.25) is 0 Å². The summed E-state index contributed by atoms with van der Waals surface area (Å²) in [5.74, 6) is -0.144. The molecular weight excluding hydrogens is 490 g/mol. The van der Waals surface area contributed by atoms with Crippen LogP contribution in [-0.4, -0.2) is 74.0 Å². The lowest BCUT2D eigenvalue weighted by molar-refractivity contribution is -0.143. The normalized spacial score (nSPS) is 24.4. The number of rotatable bonds is 3. The summed E-state index contributed by atoms with van der Waals surface area (Å²) in [5.41, 5.74) is 2.66. The van der Waals surface area contributed by atoms with Gasteiger partial charge in [0, 0.05) is 49.5 Å². The maximum atomic E-state index is 13.2. The van der Waals surface area contributed by atoms with Crippen molar-refractivity contribution in [2.75, 3.05) is 31.5 Å². The van der Waals surface area contributed by atoms with E-state index in [0.717, 1.165) is 25.0 Å². The van der Waals surface area contributed by atoms with Gasteiger partial charge in [0.15, 0.2) is 0 Å². The number of benzene rings is 1. The second kappa shape index (κ2) is 10.9. The van der Waals surface area contributed by atoms with Crippen molar-refractivity contribution in [3.8, 4) is 0 Å². The molecule has 1 atom stereocenters. The maximum absolute atomic E-state index is 13.2. The summed E-state index contributed by atoms with van der Waals surface area (Å²) in [4.78, 5) is 38.6. The minimum atomic E-state index is -1.16. The maximum Gasteiger partial charge on any atom is 0.274 e. The zero-order chi connectivity index (χ0) is 26.9. The topological polar surface area (TPSA) is 98.7 Å². The van der Waals surface area contributed by atoms with Crippen LogP contribution in [0.1, 0.15) is 98.3 Å². The van der Waals surface area contributed by atoms with E-state index < -0.39 is 5.60 Å². The minimum Gasteiger partial charge on any atom is -0.380 e. The number of aliphatic hydroxyl groups is 1. The summed E-state index contributed by atoms with van der Waals surface area (Å²) in [6.45, 7) is 1.76. The highest BCUT2D eigenvalue weighted by atomic mass is 16.3. The Bertz CT molecular complexity index is 1180. The molecule has 2 amide bonds. The zero-order valence-electron chi connectivity index (χ0n) is 22.9. The molecule has 6 rings (SSSR count). The van der Waals surface area contributed by atoms with Gasteiger partial charge in [-0.25, -0.2) is 4.98 Å². The fraction of sp³-hybridized carbons (Fsp3) is 0.613. The number of nitrogens with one attached hydrogen (secondary N) is 1. The highest BCUT2D eigenvalue weighted by Gasteiger charge is 2.50. The molecule has 0 radical (unpaired) electrons. The number of amides is 2. The molecule has 1 aromatic carbocycles. The highest BCUT2D eigenvalue weighted by Crippen LogP contribution is 2.46. The van der Waals surface area contributed by atoms with E-state index >= 15 is 0 Å². The van der Waals surface area contributed by atoms with Gasteiger partial charge in [-0.15, -0.1) is 0 Å². The predicted molar refractivity (Wildman–Crippen MR) is 149 cm³/mol. The molecule has 1 aromatic heterocycles. The van der Waals surface area contributed by atoms with Crippen LogP contribution in [0.5, 0.6) is 0 Å². The lowest BCUT2D eigenvalue weighted by atomic mass is 9.69. The Morgan fingerprint density at radius 3 is 2.10 bits per heavy atom. The number of hydrogen-bond acceptors (Lipinski definition) is 6. The lowest BCUT2D eigenvalue weighted by Gasteiger charge is -2.47. The third-order valence-electron chi connectivity index (χ3n) is 9.46. The summed E-state index contributed by atoms with van der Waals surface area (Å²) < 4.78 is 0. The molecule has 1 unspecified atom stereocenters. The SMILES string of the molecule is O=C(c1cnc(C2Cc3ccccc3NC23CCCCCCCCC3)cn1)N1CCN(C(=O)C2(O)CC2)CC1. The summed E-state index contributed by atoms with van der Waals surface area (Å²) in [5, 5.41) is 14.1. The first kappa shape index (κ1) is 26.2. The van der Waals surface area contributed by atoms with Gasteiger partial charge in [-0.2, -0.15) is 0 Å². The molecular formula is C31H41N5O3. The van der Waals surface area contributed by atoms with E-state index in [2.05, 4.69) is 34.6 Å². The first-order valence-corrected chi connectivity index (χ1v) is 15.0. The van der Waals surface area contributed by atoms with Gasteiger partial charge in [0.25, 0.3) is 11.8 Å². The van der Waals surface area contributed by atoms with Gasteiger partial charge in [0.05, 0.1) is 11.9 Å². The number of para-hydroxylation sites is 1. The van der Waals surface area contributed by atoms with Crippen LogP contribution in [0, 0.1) is 0 Å². The van der Waals surface area contributed by atoms with Crippen molar-refractivity contribution in [3.63, 3.8) is 0 Å². The van der Waals surface area contributed by atoms with Gasteiger partial charge in [-0.1, -0.05) is 63.1 Å². The average Bonchev–Trinajstić information content (AvgIpc) is 3.74. The number of fused-ring (bicyclic) bond motifs is 1. The molecule has 3 fully saturated rings. The van der Waals surface area contributed by atoms with Gasteiger partial charge >= 0.3 is 0 Å². The van der Waals surface area contributed by atoms with Crippen LogP contribution in [0.15, 0.2) is 36.7 Å². The monoisotopic (exact) mass is 531 g/mol. The van der Waals surface area contributed by atoms with Crippen LogP contribution in [0.4, 0.5) is 5.69 Å². The average molecular weight is 532 g/mol. The molecule has 1 saturated heterocycles. The summed E-state index contributed by atoms with van der Waals surface area (Å²) in [7, 11) is 0. The molecule has 8 heteroatoms. The Morgan fingerprint density at radius 2 is 1.46 bits per heavy atom. The lowest BCUT2D eigenvalue weighted by Crippen LogP contribution is -2.53. The van der Waals surface area contributed by atoms with Crippen LogP contribution in [0.3, 0.4) is 0 Å². The Hall–Kier alpha value is -3.00. The predicted octanol–water partition coefficient (Wildman–Crippen LogP) is 4.30. The molecule has 4 aliphatic rings. The third kappa shape index (κ3) is 5.40. The van der Waals surface area contributed by atoms with Crippen LogP contribution < -0.4 is 5.32 Å². The van der Waals surface area contributed by atoms with Crippen LogP contribution in [0.25, 0.3) is 0 Å². The number of aromatic nitrogens is 2. The van der Waals surface area contributed by atoms with E-state index in [0.29, 0.717) is 44.7 Å².